The lowest BCUT2D eigenvalue weighted by atomic mass is 9.99. The Kier molecular flexibility index (Phi) is 7.48. The molecule has 0 radical (unpaired) electrons. The van der Waals surface area contributed by atoms with Crippen molar-refractivity contribution in [1.82, 2.24) is 4.90 Å². The Morgan fingerprint density at radius 2 is 1.62 bits per heavy atom. The molecule has 0 saturated carbocycles. The van der Waals surface area contributed by atoms with Gasteiger partial charge in [0.2, 0.25) is 0 Å². The average molecular weight is 463 g/mol. The van der Waals surface area contributed by atoms with Gasteiger partial charge in [0.25, 0.3) is 5.91 Å². The lowest BCUT2D eigenvalue weighted by Gasteiger charge is -2.39. The second kappa shape index (κ2) is 10.7. The number of amides is 1. The Bertz CT molecular complexity index is 1110. The summed E-state index contributed by atoms with van der Waals surface area (Å²) < 4.78 is 25.2. The minimum atomic E-state index is -0.298. The molecule has 178 valence electrons. The van der Waals surface area contributed by atoms with E-state index in [1.807, 2.05) is 54.6 Å². The van der Waals surface area contributed by atoms with Gasteiger partial charge in [-0.3, -0.25) is 9.69 Å². The van der Waals surface area contributed by atoms with E-state index >= 15 is 0 Å². The number of carbonyl (C=O) groups is 1. The molecule has 3 aromatic rings. The zero-order chi connectivity index (χ0) is 24.1. The molecule has 1 aliphatic rings. The monoisotopic (exact) mass is 462 g/mol. The van der Waals surface area contributed by atoms with E-state index < -0.39 is 0 Å². The van der Waals surface area contributed by atoms with Crippen LogP contribution in [-0.4, -0.2) is 44.2 Å². The molecule has 1 amide bonds. The molecule has 0 aromatic heterocycles. The second-order valence-electron chi connectivity index (χ2n) is 8.70. The van der Waals surface area contributed by atoms with Crippen LogP contribution in [0.3, 0.4) is 0 Å². The standard InChI is InChI=1S/C28H31FN2O3/c1-20-9-10-24(17-27(20)29)31(28(32)22-7-5-4-6-8-22)23-11-13-30(14-12-23)19-21-15-25(33-2)18-26(16-21)34-3/h4-10,15-18,23H,11-14,19H2,1-3H3. The lowest BCUT2D eigenvalue weighted by molar-refractivity contribution is 0.0958. The Hall–Kier alpha value is -3.38. The van der Waals surface area contributed by atoms with Crippen molar-refractivity contribution in [1.29, 1.82) is 0 Å². The predicted octanol–water partition coefficient (Wildman–Crippen LogP) is 5.46. The zero-order valence-electron chi connectivity index (χ0n) is 20.0. The molecule has 4 rings (SSSR count). The number of methoxy groups -OCH3 is 2. The Morgan fingerprint density at radius 1 is 0.971 bits per heavy atom. The summed E-state index contributed by atoms with van der Waals surface area (Å²) in [6.07, 6.45) is 1.60. The summed E-state index contributed by atoms with van der Waals surface area (Å²) in [5, 5.41) is 0. The van der Waals surface area contributed by atoms with Gasteiger partial charge in [-0.1, -0.05) is 24.3 Å². The second-order valence-corrected chi connectivity index (χ2v) is 8.70. The van der Waals surface area contributed by atoms with Crippen LogP contribution in [0.5, 0.6) is 11.5 Å². The number of carbonyl (C=O) groups excluding carboxylic acids is 1. The van der Waals surface area contributed by atoms with Gasteiger partial charge in [-0.05, 0) is 67.3 Å². The van der Waals surface area contributed by atoms with Gasteiger partial charge in [-0.25, -0.2) is 4.39 Å². The quantitative estimate of drug-likeness (QED) is 0.467. The van der Waals surface area contributed by atoms with Gasteiger partial charge in [-0.15, -0.1) is 0 Å². The number of halogens is 1. The minimum absolute atomic E-state index is 0.00842. The van der Waals surface area contributed by atoms with Crippen LogP contribution < -0.4 is 14.4 Å². The van der Waals surface area contributed by atoms with Crippen LogP contribution >= 0.6 is 0 Å². The number of likely N-dealkylation sites (tertiary alicyclic amines) is 1. The van der Waals surface area contributed by atoms with Gasteiger partial charge in [0.05, 0.1) is 14.2 Å². The summed E-state index contributed by atoms with van der Waals surface area (Å²) in [7, 11) is 3.30. The van der Waals surface area contributed by atoms with Gasteiger partial charge in [-0.2, -0.15) is 0 Å². The molecule has 3 aromatic carbocycles. The first-order valence-electron chi connectivity index (χ1n) is 11.6. The smallest absolute Gasteiger partial charge is 0.258 e. The number of ether oxygens (including phenoxy) is 2. The van der Waals surface area contributed by atoms with E-state index in [4.69, 9.17) is 9.47 Å². The molecule has 0 spiro atoms. The fourth-order valence-corrected chi connectivity index (χ4v) is 4.50. The van der Waals surface area contributed by atoms with Gasteiger partial charge >= 0.3 is 0 Å². The average Bonchev–Trinajstić information content (AvgIpc) is 2.87. The molecule has 1 saturated heterocycles. The molecule has 0 N–H and O–H groups in total. The van der Waals surface area contributed by atoms with E-state index in [0.29, 0.717) is 16.8 Å². The summed E-state index contributed by atoms with van der Waals surface area (Å²) in [5.74, 6) is 1.14. The van der Waals surface area contributed by atoms with Gasteiger partial charge in [0.15, 0.2) is 0 Å². The van der Waals surface area contributed by atoms with E-state index in [9.17, 15) is 9.18 Å². The highest BCUT2D eigenvalue weighted by atomic mass is 19.1. The molecule has 0 atom stereocenters. The zero-order valence-corrected chi connectivity index (χ0v) is 20.0. The van der Waals surface area contributed by atoms with Crippen LogP contribution in [0.25, 0.3) is 0 Å². The van der Waals surface area contributed by atoms with Crippen LogP contribution in [0.4, 0.5) is 10.1 Å². The molecule has 1 heterocycles. The van der Waals surface area contributed by atoms with Crippen molar-refractivity contribution in [3.63, 3.8) is 0 Å². The predicted molar refractivity (Wildman–Crippen MR) is 132 cm³/mol. The highest BCUT2D eigenvalue weighted by molar-refractivity contribution is 6.06. The van der Waals surface area contributed by atoms with Crippen molar-refractivity contribution in [3.05, 3.63) is 89.2 Å². The molecular weight excluding hydrogens is 431 g/mol. The van der Waals surface area contributed by atoms with Crippen molar-refractivity contribution < 1.29 is 18.7 Å². The minimum Gasteiger partial charge on any atom is -0.497 e. The fraction of sp³-hybridized carbons (Fsp3) is 0.321. The highest BCUT2D eigenvalue weighted by Crippen LogP contribution is 2.29. The van der Waals surface area contributed by atoms with Crippen LogP contribution in [-0.2, 0) is 6.54 Å². The van der Waals surface area contributed by atoms with Gasteiger partial charge in [0.1, 0.15) is 17.3 Å². The summed E-state index contributed by atoms with van der Waals surface area (Å²) in [5.41, 5.74) is 2.90. The van der Waals surface area contributed by atoms with E-state index in [0.717, 1.165) is 49.5 Å². The summed E-state index contributed by atoms with van der Waals surface area (Å²) in [6, 6.07) is 20.2. The van der Waals surface area contributed by atoms with Crippen molar-refractivity contribution in [3.8, 4) is 11.5 Å². The van der Waals surface area contributed by atoms with Crippen LogP contribution in [0.2, 0.25) is 0 Å². The Morgan fingerprint density at radius 3 is 2.21 bits per heavy atom. The number of benzene rings is 3. The highest BCUT2D eigenvalue weighted by Gasteiger charge is 2.30. The maximum Gasteiger partial charge on any atom is 0.258 e. The molecule has 6 heteroatoms. The van der Waals surface area contributed by atoms with Crippen LogP contribution in [0, 0.1) is 12.7 Å². The van der Waals surface area contributed by atoms with E-state index in [2.05, 4.69) is 4.90 Å². The number of piperidine rings is 1. The Balaban J connectivity index is 1.52. The number of nitrogens with zero attached hydrogens (tertiary/aromatic N) is 2. The van der Waals surface area contributed by atoms with Crippen molar-refractivity contribution in [2.45, 2.75) is 32.4 Å². The third-order valence-electron chi connectivity index (χ3n) is 6.41. The summed E-state index contributed by atoms with van der Waals surface area (Å²) in [4.78, 5) is 17.7. The maximum absolute atomic E-state index is 14.4. The first-order chi connectivity index (χ1) is 16.5. The van der Waals surface area contributed by atoms with Crippen LogP contribution in [0.15, 0.2) is 66.7 Å². The van der Waals surface area contributed by atoms with Crippen molar-refractivity contribution >= 4 is 11.6 Å². The third-order valence-corrected chi connectivity index (χ3v) is 6.41. The van der Waals surface area contributed by atoms with Crippen molar-refractivity contribution in [2.24, 2.45) is 0 Å². The van der Waals surface area contributed by atoms with Crippen molar-refractivity contribution in [2.75, 3.05) is 32.2 Å². The molecule has 0 bridgehead atoms. The third kappa shape index (κ3) is 5.39. The number of hydrogen-bond acceptors (Lipinski definition) is 4. The van der Waals surface area contributed by atoms with E-state index in [1.54, 1.807) is 32.1 Å². The molecule has 0 aliphatic carbocycles. The largest absolute Gasteiger partial charge is 0.497 e. The van der Waals surface area contributed by atoms with Crippen LogP contribution in [0.1, 0.15) is 34.3 Å². The molecule has 34 heavy (non-hydrogen) atoms. The number of anilines is 1. The van der Waals surface area contributed by atoms with E-state index in [1.165, 1.54) is 6.07 Å². The molecule has 1 aliphatic heterocycles. The Labute approximate surface area is 200 Å². The first-order valence-corrected chi connectivity index (χ1v) is 11.6. The summed E-state index contributed by atoms with van der Waals surface area (Å²) in [6.45, 7) is 4.16. The molecule has 1 fully saturated rings. The lowest BCUT2D eigenvalue weighted by Crippen LogP contribution is -2.47. The number of aryl methyl sites for hydroxylation is 1. The van der Waals surface area contributed by atoms with E-state index in [-0.39, 0.29) is 17.8 Å². The first kappa shape index (κ1) is 23.8. The molecular formula is C28H31FN2O3. The maximum atomic E-state index is 14.4. The fourth-order valence-electron chi connectivity index (χ4n) is 4.50. The SMILES string of the molecule is COc1cc(CN2CCC(N(C(=O)c3ccccc3)c3ccc(C)c(F)c3)CC2)cc(OC)c1. The summed E-state index contributed by atoms with van der Waals surface area (Å²) >= 11 is 0. The van der Waals surface area contributed by atoms with Gasteiger partial charge < -0.3 is 14.4 Å². The number of hydrogen-bond donors (Lipinski definition) is 0. The van der Waals surface area contributed by atoms with Gasteiger partial charge in [0, 0.05) is 43.0 Å². The topological polar surface area (TPSA) is 42.0 Å². The number of rotatable bonds is 7. The molecule has 5 nitrogen and oxygen atoms in total. The normalized spacial score (nSPS) is 14.6. The molecule has 0 unspecified atom stereocenters.